The molecule has 1 aromatic rings. The van der Waals surface area contributed by atoms with Crippen LogP contribution in [0.4, 0.5) is 0 Å². The van der Waals surface area contributed by atoms with Gasteiger partial charge in [-0.2, -0.15) is 5.10 Å². The lowest BCUT2D eigenvalue weighted by molar-refractivity contribution is -0.121. The number of amides is 1. The molecule has 0 atom stereocenters. The van der Waals surface area contributed by atoms with Crippen LogP contribution >= 0.6 is 12.2 Å². The number of nitrogens with two attached hydrogens (primary N) is 1. The number of rotatable bonds is 6. The van der Waals surface area contributed by atoms with Gasteiger partial charge in [0.15, 0.2) is 5.11 Å². The summed E-state index contributed by atoms with van der Waals surface area (Å²) in [5.41, 5.74) is 9.63. The second kappa shape index (κ2) is 8.27. The van der Waals surface area contributed by atoms with Crippen molar-refractivity contribution in [2.24, 2.45) is 10.8 Å². The van der Waals surface area contributed by atoms with Gasteiger partial charge in [-0.25, -0.2) is 0 Å². The lowest BCUT2D eigenvalue weighted by Gasteiger charge is -2.10. The molecule has 0 saturated carbocycles. The van der Waals surface area contributed by atoms with Crippen LogP contribution in [0.1, 0.15) is 32.3 Å². The fourth-order valence-corrected chi connectivity index (χ4v) is 1.69. The molecule has 0 aliphatic carbocycles. The van der Waals surface area contributed by atoms with E-state index in [1.165, 1.54) is 0 Å². The third-order valence-electron chi connectivity index (χ3n) is 2.45. The van der Waals surface area contributed by atoms with Crippen molar-refractivity contribution in [3.05, 3.63) is 35.9 Å². The minimum absolute atomic E-state index is 0.000967. The van der Waals surface area contributed by atoms with Crippen LogP contribution in [0.2, 0.25) is 0 Å². The van der Waals surface area contributed by atoms with E-state index < -0.39 is 0 Å². The van der Waals surface area contributed by atoms with Gasteiger partial charge in [-0.05, 0) is 31.6 Å². The van der Waals surface area contributed by atoms with E-state index in [4.69, 9.17) is 18.0 Å². The molecule has 0 fully saturated rings. The van der Waals surface area contributed by atoms with E-state index in [9.17, 15) is 4.79 Å². The van der Waals surface area contributed by atoms with Gasteiger partial charge in [-0.3, -0.25) is 10.2 Å². The van der Waals surface area contributed by atoms with E-state index in [-0.39, 0.29) is 17.1 Å². The molecule has 1 aromatic carbocycles. The van der Waals surface area contributed by atoms with E-state index >= 15 is 0 Å². The molecule has 0 aliphatic heterocycles. The van der Waals surface area contributed by atoms with Gasteiger partial charge in [0, 0.05) is 18.9 Å². The first kappa shape index (κ1) is 16.1. The molecule has 0 heterocycles. The largest absolute Gasteiger partial charge is 0.375 e. The van der Waals surface area contributed by atoms with Crippen molar-refractivity contribution in [2.45, 2.75) is 32.7 Å². The zero-order chi connectivity index (χ0) is 15.0. The maximum atomic E-state index is 11.7. The fourth-order valence-electron chi connectivity index (χ4n) is 1.64. The average molecular weight is 292 g/mol. The minimum atomic E-state index is -0.000967. The predicted molar refractivity (Wildman–Crippen MR) is 85.4 cm³/mol. The van der Waals surface area contributed by atoms with Gasteiger partial charge < -0.3 is 11.1 Å². The van der Waals surface area contributed by atoms with Crippen molar-refractivity contribution in [3.8, 4) is 0 Å². The molecule has 0 spiro atoms. The van der Waals surface area contributed by atoms with E-state index in [1.807, 2.05) is 44.2 Å². The Kier molecular flexibility index (Phi) is 6.66. The topological polar surface area (TPSA) is 79.5 Å². The molecule has 6 heteroatoms. The summed E-state index contributed by atoms with van der Waals surface area (Å²) in [4.78, 5) is 11.7. The Hall–Kier alpha value is -1.95. The van der Waals surface area contributed by atoms with Gasteiger partial charge in [-0.1, -0.05) is 30.3 Å². The van der Waals surface area contributed by atoms with Gasteiger partial charge >= 0.3 is 0 Å². The van der Waals surface area contributed by atoms with Crippen LogP contribution in [-0.4, -0.2) is 22.8 Å². The molecule has 0 bridgehead atoms. The highest BCUT2D eigenvalue weighted by atomic mass is 32.1. The van der Waals surface area contributed by atoms with Gasteiger partial charge in [-0.15, -0.1) is 0 Å². The molecule has 5 nitrogen and oxygen atoms in total. The number of benzene rings is 1. The van der Waals surface area contributed by atoms with Crippen molar-refractivity contribution in [1.29, 1.82) is 0 Å². The van der Waals surface area contributed by atoms with Crippen LogP contribution in [0.5, 0.6) is 0 Å². The first-order valence-corrected chi connectivity index (χ1v) is 6.86. The van der Waals surface area contributed by atoms with E-state index in [1.54, 1.807) is 0 Å². The number of carbonyl (C=O) groups is 1. The Bertz CT molecular complexity index is 485. The van der Waals surface area contributed by atoms with Crippen LogP contribution < -0.4 is 16.5 Å². The zero-order valence-corrected chi connectivity index (χ0v) is 12.5. The van der Waals surface area contributed by atoms with Crippen LogP contribution in [-0.2, 0) is 4.79 Å². The smallest absolute Gasteiger partial charge is 0.220 e. The fraction of sp³-hybridized carbons (Fsp3) is 0.357. The summed E-state index contributed by atoms with van der Waals surface area (Å²) < 4.78 is 0. The van der Waals surface area contributed by atoms with Crippen LogP contribution in [0, 0.1) is 0 Å². The number of nitrogens with zero attached hydrogens (tertiary/aromatic N) is 1. The Morgan fingerprint density at radius 2 is 1.95 bits per heavy atom. The third kappa shape index (κ3) is 6.29. The highest BCUT2D eigenvalue weighted by molar-refractivity contribution is 7.80. The normalized spacial score (nSPS) is 11.2. The molecule has 20 heavy (non-hydrogen) atoms. The minimum Gasteiger partial charge on any atom is -0.375 e. The van der Waals surface area contributed by atoms with Gasteiger partial charge in [0.25, 0.3) is 0 Å². The van der Waals surface area contributed by atoms with Crippen molar-refractivity contribution < 1.29 is 4.79 Å². The van der Waals surface area contributed by atoms with E-state index in [2.05, 4.69) is 15.8 Å². The Morgan fingerprint density at radius 3 is 2.50 bits per heavy atom. The monoisotopic (exact) mass is 292 g/mol. The third-order valence-corrected chi connectivity index (χ3v) is 2.54. The van der Waals surface area contributed by atoms with Crippen molar-refractivity contribution in [1.82, 2.24) is 10.7 Å². The van der Waals surface area contributed by atoms with Crippen molar-refractivity contribution in [3.63, 3.8) is 0 Å². The van der Waals surface area contributed by atoms with Crippen molar-refractivity contribution in [2.75, 3.05) is 0 Å². The van der Waals surface area contributed by atoms with Gasteiger partial charge in [0.05, 0.1) is 5.71 Å². The Morgan fingerprint density at radius 1 is 1.30 bits per heavy atom. The molecule has 0 aromatic heterocycles. The SMILES string of the molecule is CC(C)NC(=O)CC/C(=N\NC(N)=S)c1ccccc1. The van der Waals surface area contributed by atoms with Gasteiger partial charge in [0.2, 0.25) is 5.91 Å². The number of hydrogen-bond donors (Lipinski definition) is 3. The van der Waals surface area contributed by atoms with Gasteiger partial charge in [0.1, 0.15) is 0 Å². The Balaban J connectivity index is 2.72. The molecular weight excluding hydrogens is 272 g/mol. The highest BCUT2D eigenvalue weighted by Crippen LogP contribution is 2.06. The number of carbonyl (C=O) groups excluding carboxylic acids is 1. The first-order chi connectivity index (χ1) is 9.49. The molecule has 0 unspecified atom stereocenters. The summed E-state index contributed by atoms with van der Waals surface area (Å²) in [5, 5.41) is 7.12. The first-order valence-electron chi connectivity index (χ1n) is 6.46. The molecule has 108 valence electrons. The number of hydrazone groups is 1. The van der Waals surface area contributed by atoms with E-state index in [0.29, 0.717) is 12.8 Å². The molecular formula is C14H20N4OS. The van der Waals surface area contributed by atoms with Crippen LogP contribution in [0.3, 0.4) is 0 Å². The predicted octanol–water partition coefficient (Wildman–Crippen LogP) is 1.53. The Labute approximate surface area is 124 Å². The summed E-state index contributed by atoms with van der Waals surface area (Å²) in [5.74, 6) is -0.000967. The number of thiocarbonyl (C=S) groups is 1. The number of hydrogen-bond acceptors (Lipinski definition) is 3. The summed E-state index contributed by atoms with van der Waals surface area (Å²) >= 11 is 4.74. The van der Waals surface area contributed by atoms with Crippen LogP contribution in [0.25, 0.3) is 0 Å². The van der Waals surface area contributed by atoms with Crippen molar-refractivity contribution >= 4 is 28.9 Å². The maximum Gasteiger partial charge on any atom is 0.220 e. The summed E-state index contributed by atoms with van der Waals surface area (Å²) in [6, 6.07) is 9.75. The standard InChI is InChI=1S/C14H20N4OS/c1-10(2)16-13(19)9-8-12(17-18-14(15)20)11-6-4-3-5-7-11/h3-7,10H,8-9H2,1-2H3,(H,16,19)(H3,15,18,20)/b17-12+. The number of nitrogens with one attached hydrogen (secondary N) is 2. The molecule has 1 rings (SSSR count). The summed E-state index contributed by atoms with van der Waals surface area (Å²) in [7, 11) is 0. The second-order valence-corrected chi connectivity index (χ2v) is 5.06. The molecule has 0 aliphatic rings. The van der Waals surface area contributed by atoms with E-state index in [0.717, 1.165) is 11.3 Å². The molecule has 0 radical (unpaired) electrons. The molecule has 4 N–H and O–H groups in total. The average Bonchev–Trinajstić information content (AvgIpc) is 2.38. The second-order valence-electron chi connectivity index (χ2n) is 4.62. The quantitative estimate of drug-likeness (QED) is 0.422. The molecule has 0 saturated heterocycles. The van der Waals surface area contributed by atoms with Crippen LogP contribution in [0.15, 0.2) is 35.4 Å². The summed E-state index contributed by atoms with van der Waals surface area (Å²) in [6.07, 6.45) is 0.878. The zero-order valence-electron chi connectivity index (χ0n) is 11.7. The lowest BCUT2D eigenvalue weighted by atomic mass is 10.1. The summed E-state index contributed by atoms with van der Waals surface area (Å²) in [6.45, 7) is 3.86. The molecule has 1 amide bonds. The lowest BCUT2D eigenvalue weighted by Crippen LogP contribution is -2.30. The maximum absolute atomic E-state index is 11.7. The highest BCUT2D eigenvalue weighted by Gasteiger charge is 2.08.